The second-order valence-corrected chi connectivity index (χ2v) is 15.7. The van der Waals surface area contributed by atoms with Crippen molar-refractivity contribution in [2.24, 2.45) is 5.92 Å². The Hall–Kier alpha value is -1.15. The second-order valence-electron chi connectivity index (χ2n) is 10.0. The van der Waals surface area contributed by atoms with Crippen LogP contribution in [0.25, 0.3) is 10.9 Å². The molecule has 1 saturated carbocycles. The maximum absolute atomic E-state index is 12.9. The summed E-state index contributed by atoms with van der Waals surface area (Å²) in [7, 11) is 0.735. The van der Waals surface area contributed by atoms with E-state index in [-0.39, 0.29) is 0 Å². The summed E-state index contributed by atoms with van der Waals surface area (Å²) in [4.78, 5) is 13.2. The molecule has 2 N–H and O–H groups in total. The van der Waals surface area contributed by atoms with Gasteiger partial charge in [0, 0.05) is 40.5 Å². The van der Waals surface area contributed by atoms with E-state index < -0.39 is 15.1 Å². The zero-order valence-electron chi connectivity index (χ0n) is 22.0. The maximum atomic E-state index is 12.9. The van der Waals surface area contributed by atoms with E-state index in [0.29, 0.717) is 29.3 Å². The molecule has 0 atom stereocenters. The van der Waals surface area contributed by atoms with Gasteiger partial charge in [-0.15, -0.1) is 23.1 Å². The number of sulfone groups is 1. The van der Waals surface area contributed by atoms with Crippen LogP contribution < -0.4 is 15.5 Å². The fraction of sp³-hybridized carbons (Fsp3) is 0.538. The van der Waals surface area contributed by atoms with Crippen molar-refractivity contribution in [2.75, 3.05) is 37.1 Å². The number of hydrogen-bond acceptors (Lipinski definition) is 9. The smallest absolute Gasteiger partial charge is 0.225 e. The zero-order valence-corrected chi connectivity index (χ0v) is 26.7. The van der Waals surface area contributed by atoms with E-state index in [4.69, 9.17) is 9.97 Å². The Balaban J connectivity index is 1.32. The van der Waals surface area contributed by atoms with Gasteiger partial charge in [-0.1, -0.05) is 12.1 Å². The van der Waals surface area contributed by atoms with Gasteiger partial charge < -0.3 is 15.5 Å². The average Bonchev–Trinajstić information content (AvgIpc) is 3.20. The first-order valence-corrected chi connectivity index (χ1v) is 17.3. The predicted molar refractivity (Wildman–Crippen MR) is 166 cm³/mol. The van der Waals surface area contributed by atoms with Crippen molar-refractivity contribution in [3.63, 3.8) is 0 Å². The molecule has 0 aliphatic heterocycles. The number of rotatable bonds is 10. The molecule has 2 aromatic heterocycles. The Kier molecular flexibility index (Phi) is 9.63. The molecule has 0 spiro atoms. The lowest BCUT2D eigenvalue weighted by Gasteiger charge is -2.29. The van der Waals surface area contributed by atoms with Crippen LogP contribution in [-0.4, -0.2) is 56.6 Å². The summed E-state index contributed by atoms with van der Waals surface area (Å²) in [5.41, 5.74) is 0.957. The number of nitrogens with one attached hydrogen (secondary N) is 2. The molecule has 4 rings (SSSR count). The largest absolute Gasteiger partial charge is 0.362 e. The standard InChI is InChI=1S/C26H36IN5O2S3/c1-16(2)37(33,34)23-22(27)21(36-25(23)35-5)15-28-14-17-10-12-18(13-11-17)29-26-30-20-9-7-6-8-19(20)24(31-26)32(3)4/h6-9,16-18,28H,10-15H2,1-5H3,(H,29,30,31)/t17-,18+. The van der Waals surface area contributed by atoms with Crippen LogP contribution in [-0.2, 0) is 16.4 Å². The molecule has 3 aromatic rings. The van der Waals surface area contributed by atoms with Crippen LogP contribution in [0, 0.1) is 9.49 Å². The molecule has 0 radical (unpaired) electrons. The minimum absolute atomic E-state index is 0.374. The van der Waals surface area contributed by atoms with Crippen LogP contribution in [0.5, 0.6) is 0 Å². The summed E-state index contributed by atoms with van der Waals surface area (Å²) in [5.74, 6) is 2.25. The van der Waals surface area contributed by atoms with Gasteiger partial charge in [-0.05, 0) is 93.0 Å². The van der Waals surface area contributed by atoms with Crippen molar-refractivity contribution in [1.82, 2.24) is 15.3 Å². The van der Waals surface area contributed by atoms with Crippen molar-refractivity contribution in [3.8, 4) is 0 Å². The molecular formula is C26H36IN5O2S3. The monoisotopic (exact) mass is 673 g/mol. The summed E-state index contributed by atoms with van der Waals surface area (Å²) >= 11 is 5.35. The summed E-state index contributed by atoms with van der Waals surface area (Å²) in [6.07, 6.45) is 6.41. The second kappa shape index (κ2) is 12.4. The number of benzene rings is 1. The molecule has 1 aliphatic carbocycles. The van der Waals surface area contributed by atoms with E-state index in [1.165, 1.54) is 11.8 Å². The predicted octanol–water partition coefficient (Wildman–Crippen LogP) is 6.03. The van der Waals surface area contributed by atoms with Crippen molar-refractivity contribution < 1.29 is 8.42 Å². The Labute approximate surface area is 242 Å². The highest BCUT2D eigenvalue weighted by Crippen LogP contribution is 2.40. The van der Waals surface area contributed by atoms with E-state index in [0.717, 1.165) is 61.6 Å². The van der Waals surface area contributed by atoms with Gasteiger partial charge in [-0.25, -0.2) is 13.4 Å². The summed E-state index contributed by atoms with van der Waals surface area (Å²) in [6.45, 7) is 5.16. The molecule has 11 heteroatoms. The lowest BCUT2D eigenvalue weighted by molar-refractivity contribution is 0.324. The van der Waals surface area contributed by atoms with Gasteiger partial charge in [-0.3, -0.25) is 0 Å². The topological polar surface area (TPSA) is 87.2 Å². The number of para-hydroxylation sites is 1. The lowest BCUT2D eigenvalue weighted by atomic mass is 9.86. The van der Waals surface area contributed by atoms with Gasteiger partial charge in [0.1, 0.15) is 10.7 Å². The van der Waals surface area contributed by atoms with Gasteiger partial charge >= 0.3 is 0 Å². The number of thioether (sulfide) groups is 1. The zero-order chi connectivity index (χ0) is 26.7. The maximum Gasteiger partial charge on any atom is 0.225 e. The minimum atomic E-state index is -3.29. The van der Waals surface area contributed by atoms with Crippen LogP contribution in [0.1, 0.15) is 44.4 Å². The molecule has 1 fully saturated rings. The molecule has 0 saturated heterocycles. The molecular weight excluding hydrogens is 637 g/mol. The van der Waals surface area contributed by atoms with Crippen molar-refractivity contribution >= 4 is 78.2 Å². The van der Waals surface area contributed by atoms with E-state index in [9.17, 15) is 8.42 Å². The first-order chi connectivity index (χ1) is 17.6. The Morgan fingerprint density at radius 2 is 1.86 bits per heavy atom. The molecule has 2 heterocycles. The molecule has 7 nitrogen and oxygen atoms in total. The minimum Gasteiger partial charge on any atom is -0.362 e. The van der Waals surface area contributed by atoms with Crippen molar-refractivity contribution in [2.45, 2.75) is 66.5 Å². The van der Waals surface area contributed by atoms with Gasteiger partial charge in [0.25, 0.3) is 0 Å². The highest BCUT2D eigenvalue weighted by Gasteiger charge is 2.29. The van der Waals surface area contributed by atoms with Crippen LogP contribution in [0.2, 0.25) is 0 Å². The van der Waals surface area contributed by atoms with Crippen LogP contribution in [0.4, 0.5) is 11.8 Å². The first-order valence-electron chi connectivity index (χ1n) is 12.6. The fourth-order valence-corrected chi connectivity index (χ4v) is 10.7. The molecule has 0 unspecified atom stereocenters. The Morgan fingerprint density at radius 3 is 2.51 bits per heavy atom. The molecule has 37 heavy (non-hydrogen) atoms. The third kappa shape index (κ3) is 6.54. The fourth-order valence-electron chi connectivity index (χ4n) is 4.69. The van der Waals surface area contributed by atoms with Crippen LogP contribution >= 0.6 is 45.7 Å². The SMILES string of the molecule is CSc1sc(CNC[C@H]2CC[C@@H](Nc3nc(N(C)C)c4ccccc4n3)CC2)c(I)c1S(=O)(=O)C(C)C. The average molecular weight is 674 g/mol. The Bertz CT molecular complexity index is 1340. The number of hydrogen-bond donors (Lipinski definition) is 2. The van der Waals surface area contributed by atoms with E-state index in [2.05, 4.69) is 39.3 Å². The van der Waals surface area contributed by atoms with Crippen LogP contribution in [0.15, 0.2) is 33.4 Å². The van der Waals surface area contributed by atoms with Gasteiger partial charge in [-0.2, -0.15) is 4.98 Å². The molecule has 1 aromatic carbocycles. The molecule has 0 bridgehead atoms. The Morgan fingerprint density at radius 1 is 1.16 bits per heavy atom. The third-order valence-electron chi connectivity index (χ3n) is 6.84. The summed E-state index contributed by atoms with van der Waals surface area (Å²) in [5, 5.41) is 7.85. The first kappa shape index (κ1) is 28.8. The third-order valence-corrected chi connectivity index (χ3v) is 13.5. The van der Waals surface area contributed by atoms with Crippen LogP contribution in [0.3, 0.4) is 0 Å². The van der Waals surface area contributed by atoms with Gasteiger partial charge in [0.05, 0.1) is 15.0 Å². The van der Waals surface area contributed by atoms with Crippen molar-refractivity contribution in [3.05, 3.63) is 32.7 Å². The molecule has 202 valence electrons. The number of nitrogens with zero attached hydrogens (tertiary/aromatic N) is 3. The molecule has 0 amide bonds. The lowest BCUT2D eigenvalue weighted by Crippen LogP contribution is -2.31. The van der Waals surface area contributed by atoms with Gasteiger partial charge in [0.15, 0.2) is 9.84 Å². The van der Waals surface area contributed by atoms with Gasteiger partial charge in [0.2, 0.25) is 5.95 Å². The number of halogens is 1. The number of aromatic nitrogens is 2. The highest BCUT2D eigenvalue weighted by molar-refractivity contribution is 14.1. The normalized spacial score (nSPS) is 18.5. The summed E-state index contributed by atoms with van der Waals surface area (Å²) < 4.78 is 27.6. The quantitative estimate of drug-likeness (QED) is 0.200. The summed E-state index contributed by atoms with van der Waals surface area (Å²) in [6, 6.07) is 8.51. The van der Waals surface area contributed by atoms with Crippen molar-refractivity contribution in [1.29, 1.82) is 0 Å². The highest BCUT2D eigenvalue weighted by atomic mass is 127. The molecule has 1 aliphatic rings. The number of fused-ring (bicyclic) bond motifs is 1. The van der Waals surface area contributed by atoms with E-state index >= 15 is 0 Å². The number of anilines is 2. The van der Waals surface area contributed by atoms with E-state index in [1.807, 2.05) is 43.5 Å². The number of thiophene rings is 1. The van der Waals surface area contributed by atoms with E-state index in [1.54, 1.807) is 25.2 Å².